The second-order valence-electron chi connectivity index (χ2n) is 9.20. The molecule has 1 aliphatic rings. The number of Topliss-reactive ketones (excluding diaryl/α,β-unsaturated/α-hetero) is 1. The lowest BCUT2D eigenvalue weighted by Crippen LogP contribution is -2.62. The maximum absolute atomic E-state index is 13.6. The van der Waals surface area contributed by atoms with Crippen LogP contribution in [0.15, 0.2) is 36.1 Å². The van der Waals surface area contributed by atoms with Crippen molar-refractivity contribution in [1.82, 2.24) is 29.9 Å². The molecule has 0 saturated carbocycles. The molecular formula is C25H23F3N8O2S2. The molecule has 15 heteroatoms. The Hall–Kier alpha value is -3.98. The third-order valence-corrected chi connectivity index (χ3v) is 8.10. The monoisotopic (exact) mass is 588 g/mol. The van der Waals surface area contributed by atoms with Crippen molar-refractivity contribution in [2.24, 2.45) is 0 Å². The molecular weight excluding hydrogens is 565 g/mol. The van der Waals surface area contributed by atoms with E-state index in [9.17, 15) is 22.8 Å². The number of carbonyl (C=O) groups is 2. The van der Waals surface area contributed by atoms with Crippen molar-refractivity contribution in [1.29, 1.82) is 0 Å². The minimum absolute atomic E-state index is 0.0763. The van der Waals surface area contributed by atoms with Crippen LogP contribution in [0.1, 0.15) is 46.9 Å². The Labute approximate surface area is 234 Å². The van der Waals surface area contributed by atoms with E-state index in [1.54, 1.807) is 37.3 Å². The number of halogens is 3. The Kier molecular flexibility index (Phi) is 7.27. The summed E-state index contributed by atoms with van der Waals surface area (Å²) in [5.74, 6) is -0.428. The van der Waals surface area contributed by atoms with Crippen molar-refractivity contribution >= 4 is 51.3 Å². The molecule has 4 aromatic rings. The van der Waals surface area contributed by atoms with Gasteiger partial charge in [-0.3, -0.25) is 9.59 Å². The summed E-state index contributed by atoms with van der Waals surface area (Å²) < 4.78 is 39.1. The van der Waals surface area contributed by atoms with Gasteiger partial charge in [-0.1, -0.05) is 0 Å². The van der Waals surface area contributed by atoms with Crippen LogP contribution in [0.2, 0.25) is 0 Å². The fourth-order valence-electron chi connectivity index (χ4n) is 4.28. The Morgan fingerprint density at radius 1 is 1.07 bits per heavy atom. The summed E-state index contributed by atoms with van der Waals surface area (Å²) in [4.78, 5) is 48.3. The van der Waals surface area contributed by atoms with Crippen molar-refractivity contribution in [2.45, 2.75) is 52.4 Å². The van der Waals surface area contributed by atoms with Crippen LogP contribution in [0.5, 0.6) is 0 Å². The molecule has 0 aliphatic carbocycles. The van der Waals surface area contributed by atoms with E-state index < -0.39 is 29.7 Å². The Morgan fingerprint density at radius 3 is 2.40 bits per heavy atom. The van der Waals surface area contributed by atoms with E-state index in [2.05, 4.69) is 30.2 Å². The van der Waals surface area contributed by atoms with Crippen LogP contribution >= 0.6 is 22.7 Å². The number of ketones is 1. The molecule has 1 amide bonds. The van der Waals surface area contributed by atoms with Gasteiger partial charge in [-0.05, 0) is 39.8 Å². The average Bonchev–Trinajstić information content (AvgIpc) is 3.50. The van der Waals surface area contributed by atoms with Gasteiger partial charge in [0.1, 0.15) is 11.9 Å². The van der Waals surface area contributed by atoms with Crippen LogP contribution in [0.3, 0.4) is 0 Å². The predicted octanol–water partition coefficient (Wildman–Crippen LogP) is 5.44. The molecule has 1 N–H and O–H groups in total. The number of carbonyl (C=O) groups excluding carboxylic acids is 2. The lowest BCUT2D eigenvalue weighted by Gasteiger charge is -2.45. The highest BCUT2D eigenvalue weighted by molar-refractivity contribution is 7.16. The zero-order chi connectivity index (χ0) is 28.8. The normalized spacial score (nSPS) is 17.8. The maximum Gasteiger partial charge on any atom is 0.419 e. The van der Waals surface area contributed by atoms with Gasteiger partial charge in [0.2, 0.25) is 5.95 Å². The molecule has 5 rings (SSSR count). The second-order valence-corrected chi connectivity index (χ2v) is 11.3. The number of anilines is 3. The maximum atomic E-state index is 13.6. The summed E-state index contributed by atoms with van der Waals surface area (Å²) in [6.07, 6.45) is -1.86. The van der Waals surface area contributed by atoms with Gasteiger partial charge in [0, 0.05) is 30.4 Å². The van der Waals surface area contributed by atoms with Crippen molar-refractivity contribution in [3.05, 3.63) is 57.9 Å². The van der Waals surface area contributed by atoms with Gasteiger partial charge in [-0.25, -0.2) is 34.9 Å². The lowest BCUT2D eigenvalue weighted by molar-refractivity contribution is -0.138. The van der Waals surface area contributed by atoms with Crippen molar-refractivity contribution in [2.75, 3.05) is 10.3 Å². The molecule has 1 unspecified atom stereocenters. The van der Waals surface area contributed by atoms with E-state index in [1.165, 1.54) is 27.6 Å². The highest BCUT2D eigenvalue weighted by Gasteiger charge is 2.42. The molecule has 0 bridgehead atoms. The Bertz CT molecular complexity index is 1550. The molecule has 0 spiro atoms. The number of aryl methyl sites for hydroxylation is 2. The summed E-state index contributed by atoms with van der Waals surface area (Å²) in [6, 6.07) is 1.70. The molecule has 208 valence electrons. The zero-order valence-electron chi connectivity index (χ0n) is 21.7. The first-order valence-corrected chi connectivity index (χ1v) is 13.8. The summed E-state index contributed by atoms with van der Waals surface area (Å²) in [7, 11) is 0. The topological polar surface area (TPSA) is 117 Å². The van der Waals surface area contributed by atoms with E-state index >= 15 is 0 Å². The minimum Gasteiger partial charge on any atom is -0.316 e. The van der Waals surface area contributed by atoms with Crippen molar-refractivity contribution in [3.63, 3.8) is 0 Å². The smallest absolute Gasteiger partial charge is 0.316 e. The van der Waals surface area contributed by atoms with Crippen LogP contribution in [0, 0.1) is 13.8 Å². The highest BCUT2D eigenvalue weighted by atomic mass is 32.1. The number of hydrogen-bond acceptors (Lipinski definition) is 11. The third-order valence-electron chi connectivity index (χ3n) is 6.24. The SMILES string of the molecule is Cc1nc(C)c(-c2csc(Nc3ccc(C(=O)N4C(C)C(=O)C[C@@H](C)N4c4ncc(C(F)(F)F)cn4)cn3)n2)s1. The van der Waals surface area contributed by atoms with E-state index in [1.807, 2.05) is 19.2 Å². The zero-order valence-corrected chi connectivity index (χ0v) is 23.4. The molecule has 0 aromatic carbocycles. The van der Waals surface area contributed by atoms with E-state index in [4.69, 9.17) is 0 Å². The van der Waals surface area contributed by atoms with Gasteiger partial charge in [-0.15, -0.1) is 22.7 Å². The first kappa shape index (κ1) is 27.6. The molecule has 1 fully saturated rings. The van der Waals surface area contributed by atoms with Crippen LogP contribution in [0.4, 0.5) is 30.1 Å². The summed E-state index contributed by atoms with van der Waals surface area (Å²) in [6.45, 7) is 7.11. The number of amides is 1. The fraction of sp³-hybridized carbons (Fsp3) is 0.320. The molecule has 4 aromatic heterocycles. The van der Waals surface area contributed by atoms with Gasteiger partial charge in [0.15, 0.2) is 10.9 Å². The molecule has 10 nitrogen and oxygen atoms in total. The predicted molar refractivity (Wildman–Crippen MR) is 144 cm³/mol. The molecule has 1 saturated heterocycles. The highest BCUT2D eigenvalue weighted by Crippen LogP contribution is 2.33. The van der Waals surface area contributed by atoms with Gasteiger partial charge >= 0.3 is 6.18 Å². The number of rotatable bonds is 5. The molecule has 40 heavy (non-hydrogen) atoms. The summed E-state index contributed by atoms with van der Waals surface area (Å²) >= 11 is 2.97. The van der Waals surface area contributed by atoms with Crippen LogP contribution in [0.25, 0.3) is 10.6 Å². The standard InChI is InChI=1S/C25H23F3N8O2S2/c1-12-7-19(37)14(3)36(35(12)23-30-9-17(10-31-23)25(26,27)28)22(38)16-5-6-20(29-8-16)34-24-33-18(11-39-24)21-13(2)32-15(4)40-21/h5-6,8-12,14H,7H2,1-4H3,(H,29,33,34)/t12-,14?/m1/s1. The number of aromatic nitrogens is 5. The quantitative estimate of drug-likeness (QED) is 0.325. The first-order valence-electron chi connectivity index (χ1n) is 12.1. The molecule has 5 heterocycles. The van der Waals surface area contributed by atoms with Gasteiger partial charge in [0.05, 0.1) is 38.4 Å². The molecule has 1 aliphatic heterocycles. The number of nitrogens with zero attached hydrogens (tertiary/aromatic N) is 7. The van der Waals surface area contributed by atoms with Crippen LogP contribution < -0.4 is 10.3 Å². The Balaban J connectivity index is 1.36. The second kappa shape index (κ2) is 10.5. The van der Waals surface area contributed by atoms with E-state index in [-0.39, 0.29) is 23.7 Å². The van der Waals surface area contributed by atoms with Gasteiger partial charge in [0.25, 0.3) is 5.91 Å². The van der Waals surface area contributed by atoms with Crippen LogP contribution in [-0.2, 0) is 11.0 Å². The number of alkyl halides is 3. The number of pyridine rings is 1. The third kappa shape index (κ3) is 5.38. The van der Waals surface area contributed by atoms with Crippen molar-refractivity contribution in [3.8, 4) is 10.6 Å². The number of hydrogen-bond donors (Lipinski definition) is 1. The molecule has 2 atom stereocenters. The first-order chi connectivity index (χ1) is 18.9. The molecule has 0 radical (unpaired) electrons. The fourth-order valence-corrected chi connectivity index (χ4v) is 5.94. The largest absolute Gasteiger partial charge is 0.419 e. The van der Waals surface area contributed by atoms with E-state index in [0.29, 0.717) is 23.3 Å². The minimum atomic E-state index is -4.61. The van der Waals surface area contributed by atoms with Gasteiger partial charge < -0.3 is 5.32 Å². The van der Waals surface area contributed by atoms with E-state index in [0.717, 1.165) is 21.3 Å². The number of hydrazine groups is 1. The van der Waals surface area contributed by atoms with Crippen LogP contribution in [-0.4, -0.2) is 53.7 Å². The number of nitrogens with one attached hydrogen (secondary N) is 1. The van der Waals surface area contributed by atoms with Gasteiger partial charge in [-0.2, -0.15) is 13.2 Å². The summed E-state index contributed by atoms with van der Waals surface area (Å²) in [5.41, 5.74) is 0.883. The summed E-state index contributed by atoms with van der Waals surface area (Å²) in [5, 5.41) is 9.15. The lowest BCUT2D eigenvalue weighted by atomic mass is 10.0. The van der Waals surface area contributed by atoms with Crippen molar-refractivity contribution < 1.29 is 22.8 Å². The Morgan fingerprint density at radius 2 is 1.80 bits per heavy atom. The number of thiazole rings is 2. The average molecular weight is 589 g/mol.